The summed E-state index contributed by atoms with van der Waals surface area (Å²) in [7, 11) is 0. The molecule has 2 N–H and O–H groups in total. The average Bonchev–Trinajstić information content (AvgIpc) is 3.77. The highest BCUT2D eigenvalue weighted by Crippen LogP contribution is 2.32. The normalized spacial score (nSPS) is 19.9. The van der Waals surface area contributed by atoms with Gasteiger partial charge in [-0.15, -0.1) is 5.10 Å². The molecule has 11 heteroatoms. The van der Waals surface area contributed by atoms with E-state index in [1.54, 1.807) is 4.90 Å². The quantitative estimate of drug-likeness (QED) is 0.408. The fourth-order valence-corrected chi connectivity index (χ4v) is 5.29. The van der Waals surface area contributed by atoms with Crippen molar-refractivity contribution in [2.24, 2.45) is 5.92 Å². The Bertz CT molecular complexity index is 1320. The number of ether oxygens (including phenoxy) is 1. The second-order valence-corrected chi connectivity index (χ2v) is 10.7. The standard InChI is InChI=1S/C15H19NO2.C14H17N5O2S/c17-15-8-9-18-14(13-4-2-1-3-5-13)11-16(15)10-12-6-7-12;20-13-15-12(10-4-2-1-3-5-10)16-19(13)11-6-8-18(9-7-11)14(21)17-22/h1-5,12,14H,6-11H2;1-5,11,22H,6-9H2,(H,17,21)(H,15,16,20). The molecule has 10 nitrogen and oxygen atoms in total. The maximum Gasteiger partial charge on any atom is 0.343 e. The van der Waals surface area contributed by atoms with Crippen molar-refractivity contribution in [3.8, 4) is 11.4 Å². The Morgan fingerprint density at radius 2 is 1.68 bits per heavy atom. The number of nitrogens with zero attached hydrogens (tertiary/aromatic N) is 4. The second-order valence-electron chi connectivity index (χ2n) is 10.5. The van der Waals surface area contributed by atoms with Crippen LogP contribution in [0.25, 0.3) is 11.4 Å². The molecule has 0 spiro atoms. The topological polar surface area (TPSA) is 113 Å². The van der Waals surface area contributed by atoms with Gasteiger partial charge < -0.3 is 14.5 Å². The molecule has 6 rings (SSSR count). The van der Waals surface area contributed by atoms with Crippen molar-refractivity contribution in [2.75, 3.05) is 32.8 Å². The summed E-state index contributed by atoms with van der Waals surface area (Å²) in [5.41, 5.74) is 1.84. The highest BCUT2D eigenvalue weighted by Gasteiger charge is 2.30. The van der Waals surface area contributed by atoms with Crippen LogP contribution in [-0.2, 0) is 9.53 Å². The first-order valence-electron chi connectivity index (χ1n) is 13.9. The summed E-state index contributed by atoms with van der Waals surface area (Å²) >= 11 is 3.76. The molecule has 3 aromatic rings. The highest BCUT2D eigenvalue weighted by molar-refractivity contribution is 7.78. The largest absolute Gasteiger partial charge is 0.371 e. The molecule has 3 fully saturated rings. The van der Waals surface area contributed by atoms with Gasteiger partial charge in [0.2, 0.25) is 5.91 Å². The molecule has 2 aliphatic heterocycles. The molecule has 3 heterocycles. The SMILES string of the molecule is O=C(NS)N1CCC(n2nc(-c3ccccc3)[nH]c2=O)CC1.O=C1CCOC(c2ccccc2)CN1CC1CC1. The Kier molecular flexibility index (Phi) is 9.22. The van der Waals surface area contributed by atoms with E-state index in [1.165, 1.54) is 23.1 Å². The van der Waals surface area contributed by atoms with Crippen LogP contribution in [0.4, 0.5) is 4.79 Å². The minimum absolute atomic E-state index is 0.00480. The first kappa shape index (κ1) is 28.0. The van der Waals surface area contributed by atoms with Gasteiger partial charge in [0.1, 0.15) is 6.10 Å². The van der Waals surface area contributed by atoms with E-state index in [0.29, 0.717) is 51.3 Å². The third-order valence-electron chi connectivity index (χ3n) is 7.60. The van der Waals surface area contributed by atoms with E-state index in [9.17, 15) is 14.4 Å². The van der Waals surface area contributed by atoms with Crippen LogP contribution in [-0.4, -0.2) is 69.3 Å². The molecule has 40 heavy (non-hydrogen) atoms. The molecule has 2 aromatic carbocycles. The van der Waals surface area contributed by atoms with Crippen molar-refractivity contribution in [2.45, 2.75) is 44.2 Å². The maximum atomic E-state index is 12.1. The van der Waals surface area contributed by atoms with Crippen molar-refractivity contribution in [1.29, 1.82) is 0 Å². The minimum atomic E-state index is -0.212. The number of carbonyl (C=O) groups is 2. The zero-order valence-corrected chi connectivity index (χ0v) is 23.3. The van der Waals surface area contributed by atoms with Gasteiger partial charge in [0.05, 0.1) is 25.6 Å². The Hall–Kier alpha value is -3.57. The van der Waals surface area contributed by atoms with E-state index < -0.39 is 0 Å². The van der Waals surface area contributed by atoms with Gasteiger partial charge in [-0.2, -0.15) is 0 Å². The minimum Gasteiger partial charge on any atom is -0.371 e. The van der Waals surface area contributed by atoms with Gasteiger partial charge >= 0.3 is 11.7 Å². The van der Waals surface area contributed by atoms with Gasteiger partial charge in [-0.25, -0.2) is 14.3 Å². The number of thiol groups is 1. The number of benzene rings is 2. The van der Waals surface area contributed by atoms with Crippen molar-refractivity contribution in [1.82, 2.24) is 29.3 Å². The van der Waals surface area contributed by atoms with Crippen molar-refractivity contribution < 1.29 is 14.3 Å². The highest BCUT2D eigenvalue weighted by atomic mass is 32.1. The summed E-state index contributed by atoms with van der Waals surface area (Å²) in [6.07, 6.45) is 4.51. The van der Waals surface area contributed by atoms with Crippen LogP contribution >= 0.6 is 12.8 Å². The van der Waals surface area contributed by atoms with Crippen molar-refractivity contribution in [3.63, 3.8) is 0 Å². The van der Waals surface area contributed by atoms with Crippen LogP contribution in [0.5, 0.6) is 0 Å². The fourth-order valence-electron chi connectivity index (χ4n) is 5.15. The van der Waals surface area contributed by atoms with Crippen molar-refractivity contribution >= 4 is 24.8 Å². The molecule has 1 unspecified atom stereocenters. The second kappa shape index (κ2) is 13.2. The molecule has 1 atom stereocenters. The first-order chi connectivity index (χ1) is 19.5. The summed E-state index contributed by atoms with van der Waals surface area (Å²) in [5.74, 6) is 1.56. The van der Waals surface area contributed by atoms with E-state index in [2.05, 4.69) is 39.8 Å². The van der Waals surface area contributed by atoms with E-state index >= 15 is 0 Å². The molecule has 1 aliphatic carbocycles. The number of H-pyrrole nitrogens is 1. The summed E-state index contributed by atoms with van der Waals surface area (Å²) in [4.78, 5) is 42.1. The fraction of sp³-hybridized carbons (Fsp3) is 0.448. The molecule has 0 radical (unpaired) electrons. The monoisotopic (exact) mass is 564 g/mol. The lowest BCUT2D eigenvalue weighted by Crippen LogP contribution is -2.43. The average molecular weight is 565 g/mol. The van der Waals surface area contributed by atoms with Gasteiger partial charge in [-0.3, -0.25) is 14.5 Å². The third-order valence-corrected chi connectivity index (χ3v) is 7.79. The predicted molar refractivity (Wildman–Crippen MR) is 155 cm³/mol. The molecular formula is C29H36N6O4S. The molecule has 1 saturated carbocycles. The summed E-state index contributed by atoms with van der Waals surface area (Å²) in [5, 5.41) is 4.41. The molecule has 0 bridgehead atoms. The maximum absolute atomic E-state index is 12.1. The molecule has 3 aliphatic rings. The van der Waals surface area contributed by atoms with E-state index in [0.717, 1.165) is 18.0 Å². The van der Waals surface area contributed by atoms with Crippen molar-refractivity contribution in [3.05, 3.63) is 76.7 Å². The summed E-state index contributed by atoms with van der Waals surface area (Å²) in [6, 6.07) is 19.5. The number of carbonyl (C=O) groups excluding carboxylic acids is 2. The molecule has 2 saturated heterocycles. The predicted octanol–water partition coefficient (Wildman–Crippen LogP) is 3.82. The van der Waals surface area contributed by atoms with Crippen LogP contribution in [0, 0.1) is 5.92 Å². The number of nitrogens with one attached hydrogen (secondary N) is 2. The number of likely N-dealkylation sites (tertiary alicyclic amines) is 1. The van der Waals surface area contributed by atoms with Crippen LogP contribution < -0.4 is 10.4 Å². The number of urea groups is 1. The number of aromatic nitrogens is 3. The Labute approximate surface area is 239 Å². The van der Waals surface area contributed by atoms with Crippen LogP contribution in [0.1, 0.15) is 49.8 Å². The number of hydrogen-bond acceptors (Lipinski definition) is 6. The van der Waals surface area contributed by atoms with E-state index in [1.807, 2.05) is 53.4 Å². The zero-order chi connectivity index (χ0) is 27.9. The van der Waals surface area contributed by atoms with Gasteiger partial charge in [0, 0.05) is 25.2 Å². The number of hydrogen-bond donors (Lipinski definition) is 3. The van der Waals surface area contributed by atoms with E-state index in [-0.39, 0.29) is 29.8 Å². The Morgan fingerprint density at radius 1 is 1.00 bits per heavy atom. The van der Waals surface area contributed by atoms with Gasteiger partial charge in [-0.1, -0.05) is 73.5 Å². The smallest absolute Gasteiger partial charge is 0.343 e. The van der Waals surface area contributed by atoms with Gasteiger partial charge in [0.15, 0.2) is 5.82 Å². The number of aromatic amines is 1. The van der Waals surface area contributed by atoms with Gasteiger partial charge in [0.25, 0.3) is 0 Å². The van der Waals surface area contributed by atoms with Gasteiger partial charge in [-0.05, 0) is 37.2 Å². The Balaban J connectivity index is 0.000000164. The third kappa shape index (κ3) is 7.14. The van der Waals surface area contributed by atoms with E-state index in [4.69, 9.17) is 4.74 Å². The zero-order valence-electron chi connectivity index (χ0n) is 22.4. The van der Waals surface area contributed by atoms with Crippen LogP contribution in [0.15, 0.2) is 65.5 Å². The number of rotatable bonds is 5. The number of amides is 3. The molecule has 3 amide bonds. The lowest BCUT2D eigenvalue weighted by Gasteiger charge is -2.30. The van der Waals surface area contributed by atoms with Crippen LogP contribution in [0.3, 0.4) is 0 Å². The lowest BCUT2D eigenvalue weighted by atomic mass is 10.1. The lowest BCUT2D eigenvalue weighted by molar-refractivity contribution is -0.130. The molecule has 212 valence electrons. The summed E-state index contributed by atoms with van der Waals surface area (Å²) < 4.78 is 9.64. The first-order valence-corrected chi connectivity index (χ1v) is 14.3. The Morgan fingerprint density at radius 3 is 2.33 bits per heavy atom. The molecule has 1 aromatic heterocycles. The number of piperidine rings is 1. The molecular weight excluding hydrogens is 528 g/mol. The van der Waals surface area contributed by atoms with Crippen LogP contribution in [0.2, 0.25) is 0 Å². The summed E-state index contributed by atoms with van der Waals surface area (Å²) in [6.45, 7) is 3.33.